The van der Waals surface area contributed by atoms with Crippen LogP contribution in [0.1, 0.15) is 26.8 Å². The number of hydrogen-bond donors (Lipinski definition) is 0. The molecule has 5 nitrogen and oxygen atoms in total. The van der Waals surface area contributed by atoms with Crippen molar-refractivity contribution in [2.75, 3.05) is 7.11 Å². The van der Waals surface area contributed by atoms with Crippen LogP contribution in [0, 0.1) is 12.7 Å². The number of ether oxygens (including phenoxy) is 1. The molecule has 0 N–H and O–H groups in total. The fourth-order valence-corrected chi connectivity index (χ4v) is 3.97. The van der Waals surface area contributed by atoms with Gasteiger partial charge in [-0.25, -0.2) is 19.2 Å². The summed E-state index contributed by atoms with van der Waals surface area (Å²) in [5.41, 5.74) is 3.76. The lowest BCUT2D eigenvalue weighted by Crippen LogP contribution is -2.04. The van der Waals surface area contributed by atoms with Crippen molar-refractivity contribution < 1.29 is 13.9 Å². The van der Waals surface area contributed by atoms with Crippen molar-refractivity contribution in [1.29, 1.82) is 0 Å². The Morgan fingerprint density at radius 1 is 1.16 bits per heavy atom. The number of carbonyl (C=O) groups excluding carboxylic acids is 1. The highest BCUT2D eigenvalue weighted by atomic mass is 32.1. The normalized spacial score (nSPS) is 11.5. The van der Waals surface area contributed by atoms with E-state index in [1.807, 2.05) is 36.7 Å². The third-order valence-corrected chi connectivity index (χ3v) is 5.77. The van der Waals surface area contributed by atoms with Crippen LogP contribution in [0.25, 0.3) is 22.8 Å². The number of halogens is 1. The standard InChI is InChI=1S/C24H20FN3O2S/c1-16-26-9-11-28(16)15-19(23-27-10-12-31-23)13-17-3-8-21(24(29)30-2)22(14-17)18-4-6-20(25)7-5-18/h3-14H,15H2,1-2H3/b19-13+. The number of rotatable bonds is 6. The van der Waals surface area contributed by atoms with Crippen LogP contribution in [0.3, 0.4) is 0 Å². The molecule has 2 heterocycles. The van der Waals surface area contributed by atoms with Crippen molar-refractivity contribution in [3.05, 3.63) is 94.2 Å². The molecule has 7 heteroatoms. The van der Waals surface area contributed by atoms with Gasteiger partial charge >= 0.3 is 5.97 Å². The molecule has 0 saturated heterocycles. The monoisotopic (exact) mass is 433 g/mol. The summed E-state index contributed by atoms with van der Waals surface area (Å²) >= 11 is 1.56. The predicted octanol–water partition coefficient (Wildman–Crippen LogP) is 5.48. The van der Waals surface area contributed by atoms with E-state index in [0.29, 0.717) is 17.7 Å². The highest BCUT2D eigenvalue weighted by Gasteiger charge is 2.15. The summed E-state index contributed by atoms with van der Waals surface area (Å²) in [6, 6.07) is 11.6. The van der Waals surface area contributed by atoms with E-state index in [9.17, 15) is 9.18 Å². The van der Waals surface area contributed by atoms with E-state index in [2.05, 4.69) is 14.5 Å². The van der Waals surface area contributed by atoms with Crippen LogP contribution in [0.15, 0.2) is 66.4 Å². The number of allylic oxidation sites excluding steroid dienone is 1. The van der Waals surface area contributed by atoms with Crippen molar-refractivity contribution in [3.63, 3.8) is 0 Å². The molecule has 0 atom stereocenters. The molecule has 0 aliphatic rings. The second-order valence-electron chi connectivity index (χ2n) is 6.91. The lowest BCUT2D eigenvalue weighted by atomic mass is 9.96. The highest BCUT2D eigenvalue weighted by molar-refractivity contribution is 7.10. The largest absolute Gasteiger partial charge is 0.465 e. The van der Waals surface area contributed by atoms with Crippen LogP contribution in [-0.2, 0) is 11.3 Å². The molecule has 0 aliphatic carbocycles. The van der Waals surface area contributed by atoms with Crippen LogP contribution in [0.4, 0.5) is 4.39 Å². The zero-order chi connectivity index (χ0) is 21.8. The first-order valence-electron chi connectivity index (χ1n) is 9.61. The molecule has 4 rings (SSSR count). The zero-order valence-electron chi connectivity index (χ0n) is 17.1. The van der Waals surface area contributed by atoms with Crippen LogP contribution in [0.2, 0.25) is 0 Å². The molecule has 0 saturated carbocycles. The SMILES string of the molecule is COC(=O)c1ccc(/C=C(\Cn2ccnc2C)c2nccs2)cc1-c1ccc(F)cc1. The van der Waals surface area contributed by atoms with Crippen LogP contribution in [-0.4, -0.2) is 27.6 Å². The fourth-order valence-electron chi connectivity index (χ4n) is 3.32. The number of methoxy groups -OCH3 is 1. The number of imidazole rings is 1. The summed E-state index contributed by atoms with van der Waals surface area (Å²) in [5, 5.41) is 2.85. The Kier molecular flexibility index (Phi) is 6.04. The Hall–Kier alpha value is -3.58. The molecule has 0 fully saturated rings. The highest BCUT2D eigenvalue weighted by Crippen LogP contribution is 2.29. The lowest BCUT2D eigenvalue weighted by Gasteiger charge is -2.12. The Morgan fingerprint density at radius 2 is 1.97 bits per heavy atom. The number of thiazole rings is 1. The Bertz CT molecular complexity index is 1230. The van der Waals surface area contributed by atoms with Crippen molar-refractivity contribution in [2.24, 2.45) is 0 Å². The summed E-state index contributed by atoms with van der Waals surface area (Å²) in [4.78, 5) is 21.1. The minimum absolute atomic E-state index is 0.332. The Balaban J connectivity index is 1.80. The Morgan fingerprint density at radius 3 is 2.61 bits per heavy atom. The molecule has 0 amide bonds. The van der Waals surface area contributed by atoms with E-state index in [-0.39, 0.29) is 5.82 Å². The van der Waals surface area contributed by atoms with Gasteiger partial charge in [0, 0.05) is 29.5 Å². The molecule has 0 bridgehead atoms. The summed E-state index contributed by atoms with van der Waals surface area (Å²) in [5.74, 6) is 0.140. The van der Waals surface area contributed by atoms with Gasteiger partial charge in [-0.3, -0.25) is 0 Å². The van der Waals surface area contributed by atoms with E-state index in [0.717, 1.165) is 27.5 Å². The van der Waals surface area contributed by atoms with Gasteiger partial charge in [0.15, 0.2) is 0 Å². The van der Waals surface area contributed by atoms with Crippen molar-refractivity contribution in [3.8, 4) is 11.1 Å². The van der Waals surface area contributed by atoms with E-state index in [1.165, 1.54) is 19.2 Å². The van der Waals surface area contributed by atoms with Crippen LogP contribution < -0.4 is 0 Å². The maximum Gasteiger partial charge on any atom is 0.338 e. The summed E-state index contributed by atoms with van der Waals surface area (Å²) < 4.78 is 20.4. The zero-order valence-corrected chi connectivity index (χ0v) is 17.9. The summed E-state index contributed by atoms with van der Waals surface area (Å²) in [6.45, 7) is 2.57. The molecule has 0 spiro atoms. The number of aryl methyl sites for hydroxylation is 1. The molecule has 2 aromatic carbocycles. The average Bonchev–Trinajstić information content (AvgIpc) is 3.45. The van der Waals surface area contributed by atoms with E-state index in [1.54, 1.807) is 41.9 Å². The predicted molar refractivity (Wildman–Crippen MR) is 120 cm³/mol. The van der Waals surface area contributed by atoms with Gasteiger partial charge in [0.1, 0.15) is 16.6 Å². The number of hydrogen-bond acceptors (Lipinski definition) is 5. The van der Waals surface area contributed by atoms with Crippen molar-refractivity contribution in [2.45, 2.75) is 13.5 Å². The topological polar surface area (TPSA) is 57.0 Å². The maximum absolute atomic E-state index is 13.4. The molecule has 156 valence electrons. The molecule has 0 unspecified atom stereocenters. The van der Waals surface area contributed by atoms with Gasteiger partial charge in [-0.2, -0.15) is 0 Å². The van der Waals surface area contributed by atoms with Gasteiger partial charge in [0.2, 0.25) is 0 Å². The first kappa shape index (κ1) is 20.7. The first-order chi connectivity index (χ1) is 15.0. The van der Waals surface area contributed by atoms with Gasteiger partial charge in [-0.15, -0.1) is 11.3 Å². The van der Waals surface area contributed by atoms with E-state index < -0.39 is 5.97 Å². The van der Waals surface area contributed by atoms with E-state index in [4.69, 9.17) is 4.74 Å². The second-order valence-corrected chi connectivity index (χ2v) is 7.81. The van der Waals surface area contributed by atoms with Gasteiger partial charge in [-0.05, 0) is 54.0 Å². The Labute approximate surface area is 183 Å². The molecular formula is C24H20FN3O2S. The summed E-state index contributed by atoms with van der Waals surface area (Å²) in [6.07, 6.45) is 7.53. The number of benzene rings is 2. The number of nitrogens with zero attached hydrogens (tertiary/aromatic N) is 3. The van der Waals surface area contributed by atoms with Crippen molar-refractivity contribution in [1.82, 2.24) is 14.5 Å². The fraction of sp³-hybridized carbons (Fsp3) is 0.125. The van der Waals surface area contributed by atoms with Gasteiger partial charge in [-0.1, -0.05) is 18.2 Å². The van der Waals surface area contributed by atoms with Gasteiger partial charge < -0.3 is 9.30 Å². The van der Waals surface area contributed by atoms with Gasteiger partial charge in [0.05, 0.1) is 19.2 Å². The minimum Gasteiger partial charge on any atom is -0.465 e. The number of esters is 1. The lowest BCUT2D eigenvalue weighted by molar-refractivity contribution is 0.0601. The average molecular weight is 434 g/mol. The van der Waals surface area contributed by atoms with E-state index >= 15 is 0 Å². The minimum atomic E-state index is -0.441. The number of aromatic nitrogens is 3. The second kappa shape index (κ2) is 9.06. The number of carbonyl (C=O) groups is 1. The maximum atomic E-state index is 13.4. The third kappa shape index (κ3) is 4.62. The third-order valence-electron chi connectivity index (χ3n) is 4.92. The van der Waals surface area contributed by atoms with Gasteiger partial charge in [0.25, 0.3) is 0 Å². The molecule has 0 aliphatic heterocycles. The smallest absolute Gasteiger partial charge is 0.338 e. The quantitative estimate of drug-likeness (QED) is 0.378. The molecule has 0 radical (unpaired) electrons. The van der Waals surface area contributed by atoms with Crippen molar-refractivity contribution >= 4 is 29.0 Å². The van der Waals surface area contributed by atoms with Crippen LogP contribution in [0.5, 0.6) is 0 Å². The molecular weight excluding hydrogens is 413 g/mol. The molecule has 31 heavy (non-hydrogen) atoms. The first-order valence-corrected chi connectivity index (χ1v) is 10.5. The molecule has 2 aromatic heterocycles. The summed E-state index contributed by atoms with van der Waals surface area (Å²) in [7, 11) is 1.35. The molecule has 4 aromatic rings. The van der Waals surface area contributed by atoms with Crippen LogP contribution >= 0.6 is 11.3 Å².